The highest BCUT2D eigenvalue weighted by molar-refractivity contribution is 14.0. The summed E-state index contributed by atoms with van der Waals surface area (Å²) in [5.74, 6) is 0.341. The number of aryl methyl sites for hydroxylation is 2. The Morgan fingerprint density at radius 3 is 2.31 bits per heavy atom. The summed E-state index contributed by atoms with van der Waals surface area (Å²) in [6, 6.07) is 6.98. The summed E-state index contributed by atoms with van der Waals surface area (Å²) in [6.45, 7) is 5.84. The Hall–Kier alpha value is -2.01. The molecule has 2 amide bonds. The zero-order chi connectivity index (χ0) is 20.1. The minimum Gasteiger partial charge on any atom is -0.356 e. The lowest BCUT2D eigenvalue weighted by Crippen LogP contribution is -2.37. The van der Waals surface area contributed by atoms with Gasteiger partial charge in [-0.25, -0.2) is 4.98 Å². The van der Waals surface area contributed by atoms with Crippen molar-refractivity contribution in [1.29, 1.82) is 0 Å². The zero-order valence-electron chi connectivity index (χ0n) is 16.8. The molecular weight excluding hydrogens is 501 g/mol. The number of aliphatic imine (C=N–C) groups is 1. The number of aromatic nitrogens is 1. The van der Waals surface area contributed by atoms with Gasteiger partial charge in [0.25, 0.3) is 11.8 Å². The van der Waals surface area contributed by atoms with E-state index < -0.39 is 0 Å². The molecule has 1 aliphatic rings. The highest BCUT2D eigenvalue weighted by Crippen LogP contribution is 2.22. The number of hydrogen-bond acceptors (Lipinski definition) is 5. The van der Waals surface area contributed by atoms with E-state index in [-0.39, 0.29) is 35.8 Å². The topological polar surface area (TPSA) is 86.7 Å². The average Bonchev–Trinajstić information content (AvgIpc) is 3.14. The Morgan fingerprint density at radius 1 is 1.10 bits per heavy atom. The molecule has 0 atom stereocenters. The third kappa shape index (κ3) is 5.53. The Bertz CT molecular complexity index is 877. The Kier molecular flexibility index (Phi) is 8.57. The summed E-state index contributed by atoms with van der Waals surface area (Å²) in [5.41, 5.74) is 2.05. The number of halogens is 1. The average molecular weight is 527 g/mol. The van der Waals surface area contributed by atoms with Crippen LogP contribution in [0.4, 0.5) is 0 Å². The van der Waals surface area contributed by atoms with E-state index in [0.717, 1.165) is 29.5 Å². The van der Waals surface area contributed by atoms with Gasteiger partial charge in [0.1, 0.15) is 0 Å². The molecule has 1 aromatic carbocycles. The van der Waals surface area contributed by atoms with Crippen LogP contribution in [0.2, 0.25) is 0 Å². The Balaban J connectivity index is 0.00000300. The molecule has 0 aliphatic carbocycles. The van der Waals surface area contributed by atoms with Gasteiger partial charge in [-0.05, 0) is 38.8 Å². The first-order valence-electron chi connectivity index (χ1n) is 9.34. The fourth-order valence-electron chi connectivity index (χ4n) is 3.17. The van der Waals surface area contributed by atoms with Crippen molar-refractivity contribution < 1.29 is 9.59 Å². The summed E-state index contributed by atoms with van der Waals surface area (Å²) in [7, 11) is 1.74. The zero-order valence-corrected chi connectivity index (χ0v) is 20.0. The molecule has 3 rings (SSSR count). The number of guanidine groups is 1. The lowest BCUT2D eigenvalue weighted by Gasteiger charge is -2.14. The van der Waals surface area contributed by atoms with Gasteiger partial charge in [0.2, 0.25) is 0 Å². The van der Waals surface area contributed by atoms with Gasteiger partial charge in [0, 0.05) is 25.0 Å². The standard InChI is InChI=1S/C20H25N5O2S.HI/c1-13-17(28-14(2)24-13)12-23-20(21-3)22-10-6-7-11-25-18(26)15-8-4-5-9-16(15)19(25)27;/h4-5,8-9H,6-7,10-12H2,1-3H3,(H2,21,22,23);1H. The molecule has 156 valence electrons. The minimum absolute atomic E-state index is 0. The molecule has 0 unspecified atom stereocenters. The van der Waals surface area contributed by atoms with Crippen LogP contribution in [0.25, 0.3) is 0 Å². The van der Waals surface area contributed by atoms with Crippen LogP contribution in [0, 0.1) is 13.8 Å². The molecule has 0 fully saturated rings. The molecule has 0 saturated carbocycles. The van der Waals surface area contributed by atoms with E-state index in [4.69, 9.17) is 0 Å². The van der Waals surface area contributed by atoms with Crippen LogP contribution in [0.1, 0.15) is 49.1 Å². The smallest absolute Gasteiger partial charge is 0.261 e. The number of nitrogens with one attached hydrogen (secondary N) is 2. The summed E-state index contributed by atoms with van der Waals surface area (Å²) in [6.07, 6.45) is 1.56. The van der Waals surface area contributed by atoms with Crippen LogP contribution in [-0.2, 0) is 6.54 Å². The van der Waals surface area contributed by atoms with Gasteiger partial charge in [-0.1, -0.05) is 12.1 Å². The van der Waals surface area contributed by atoms with Gasteiger partial charge in [0.15, 0.2) is 5.96 Å². The number of amides is 2. The van der Waals surface area contributed by atoms with Gasteiger partial charge in [-0.15, -0.1) is 35.3 Å². The van der Waals surface area contributed by atoms with Crippen molar-refractivity contribution in [3.8, 4) is 0 Å². The third-order valence-corrected chi connectivity index (χ3v) is 5.69. The van der Waals surface area contributed by atoms with Crippen molar-refractivity contribution in [2.45, 2.75) is 33.2 Å². The summed E-state index contributed by atoms with van der Waals surface area (Å²) >= 11 is 1.68. The van der Waals surface area contributed by atoms with Crippen LogP contribution in [-0.4, -0.2) is 47.8 Å². The number of unbranched alkanes of at least 4 members (excludes halogenated alkanes) is 1. The molecule has 0 radical (unpaired) electrons. The lowest BCUT2D eigenvalue weighted by atomic mass is 10.1. The second kappa shape index (κ2) is 10.7. The van der Waals surface area contributed by atoms with Crippen molar-refractivity contribution in [3.05, 3.63) is 51.0 Å². The van der Waals surface area contributed by atoms with Crippen LogP contribution < -0.4 is 10.6 Å². The summed E-state index contributed by atoms with van der Waals surface area (Å²) in [4.78, 5) is 35.9. The quantitative estimate of drug-likeness (QED) is 0.190. The molecular formula is C20H26IN5O2S. The second-order valence-corrected chi connectivity index (χ2v) is 7.90. The second-order valence-electron chi connectivity index (χ2n) is 6.61. The number of benzene rings is 1. The van der Waals surface area contributed by atoms with E-state index in [0.29, 0.717) is 30.8 Å². The highest BCUT2D eigenvalue weighted by atomic mass is 127. The van der Waals surface area contributed by atoms with Crippen LogP contribution in [0.3, 0.4) is 0 Å². The van der Waals surface area contributed by atoms with E-state index in [9.17, 15) is 9.59 Å². The number of hydrogen-bond donors (Lipinski definition) is 2. The van der Waals surface area contributed by atoms with Crippen molar-refractivity contribution >= 4 is 53.1 Å². The normalized spacial score (nSPS) is 13.3. The number of carbonyl (C=O) groups is 2. The number of imide groups is 1. The van der Waals surface area contributed by atoms with E-state index in [2.05, 4.69) is 20.6 Å². The molecule has 1 aromatic heterocycles. The van der Waals surface area contributed by atoms with Crippen molar-refractivity contribution in [3.63, 3.8) is 0 Å². The fraction of sp³-hybridized carbons (Fsp3) is 0.400. The van der Waals surface area contributed by atoms with E-state index in [1.54, 1.807) is 42.6 Å². The predicted molar refractivity (Wildman–Crippen MR) is 126 cm³/mol. The minimum atomic E-state index is -0.193. The van der Waals surface area contributed by atoms with Crippen molar-refractivity contribution in [1.82, 2.24) is 20.5 Å². The SMILES string of the molecule is CN=C(NCCCCN1C(=O)c2ccccc2C1=O)NCc1sc(C)nc1C.I. The van der Waals surface area contributed by atoms with Gasteiger partial charge in [0.05, 0.1) is 28.4 Å². The lowest BCUT2D eigenvalue weighted by molar-refractivity contribution is 0.0652. The number of fused-ring (bicyclic) bond motifs is 1. The number of carbonyl (C=O) groups excluding carboxylic acids is 2. The van der Waals surface area contributed by atoms with Gasteiger partial charge in [-0.3, -0.25) is 19.5 Å². The largest absolute Gasteiger partial charge is 0.356 e. The maximum Gasteiger partial charge on any atom is 0.261 e. The van der Waals surface area contributed by atoms with Gasteiger partial charge in [-0.2, -0.15) is 0 Å². The van der Waals surface area contributed by atoms with Crippen LogP contribution in [0.5, 0.6) is 0 Å². The monoisotopic (exact) mass is 527 g/mol. The first kappa shape index (κ1) is 23.3. The fourth-order valence-corrected chi connectivity index (χ4v) is 4.04. The van der Waals surface area contributed by atoms with E-state index >= 15 is 0 Å². The number of thiazole rings is 1. The van der Waals surface area contributed by atoms with E-state index in [1.807, 2.05) is 13.8 Å². The molecule has 2 heterocycles. The molecule has 7 nitrogen and oxygen atoms in total. The molecule has 0 spiro atoms. The first-order valence-corrected chi connectivity index (χ1v) is 10.2. The molecule has 2 aromatic rings. The molecule has 9 heteroatoms. The summed E-state index contributed by atoms with van der Waals surface area (Å²) < 4.78 is 0. The molecule has 29 heavy (non-hydrogen) atoms. The number of nitrogens with zero attached hydrogens (tertiary/aromatic N) is 3. The van der Waals surface area contributed by atoms with E-state index in [1.165, 1.54) is 9.78 Å². The van der Waals surface area contributed by atoms with Crippen molar-refractivity contribution in [2.75, 3.05) is 20.1 Å². The molecule has 1 aliphatic heterocycles. The molecule has 0 saturated heterocycles. The Labute approximate surface area is 192 Å². The van der Waals surface area contributed by atoms with Crippen LogP contribution in [0.15, 0.2) is 29.3 Å². The third-order valence-electron chi connectivity index (χ3n) is 4.62. The maximum absolute atomic E-state index is 12.3. The predicted octanol–water partition coefficient (Wildman–Crippen LogP) is 3.12. The van der Waals surface area contributed by atoms with Gasteiger partial charge >= 0.3 is 0 Å². The number of rotatable bonds is 7. The maximum atomic E-state index is 12.3. The van der Waals surface area contributed by atoms with Gasteiger partial charge < -0.3 is 10.6 Å². The first-order chi connectivity index (χ1) is 13.5. The molecule has 2 N–H and O–H groups in total. The Morgan fingerprint density at radius 2 is 1.76 bits per heavy atom. The molecule has 0 bridgehead atoms. The van der Waals surface area contributed by atoms with Crippen LogP contribution >= 0.6 is 35.3 Å². The summed E-state index contributed by atoms with van der Waals surface area (Å²) in [5, 5.41) is 7.61. The highest BCUT2D eigenvalue weighted by Gasteiger charge is 2.34. The van der Waals surface area contributed by atoms with Crippen molar-refractivity contribution in [2.24, 2.45) is 4.99 Å².